The first-order valence-corrected chi connectivity index (χ1v) is 11.4. The molecule has 2 aliphatic heterocycles. The number of benzene rings is 1. The van der Waals surface area contributed by atoms with Crippen LogP contribution in [0.4, 0.5) is 0 Å². The van der Waals surface area contributed by atoms with Crippen LogP contribution in [0, 0.1) is 0 Å². The van der Waals surface area contributed by atoms with Crippen molar-refractivity contribution in [2.24, 2.45) is 0 Å². The van der Waals surface area contributed by atoms with E-state index in [4.69, 9.17) is 4.74 Å². The number of likely N-dealkylation sites (tertiary alicyclic amines) is 1. The maximum absolute atomic E-state index is 13.3. The Kier molecular flexibility index (Phi) is 5.67. The molecule has 2 aliphatic rings. The molecule has 0 aliphatic carbocycles. The van der Waals surface area contributed by atoms with E-state index in [-0.39, 0.29) is 30.5 Å². The highest BCUT2D eigenvalue weighted by atomic mass is 32.2. The fraction of sp³-hybridized carbons (Fsp3) is 0.500. The number of likely N-dealkylation sites (N-methyl/N-ethyl adjacent to an activating group) is 1. The summed E-state index contributed by atoms with van der Waals surface area (Å²) in [4.78, 5) is 21.8. The highest BCUT2D eigenvalue weighted by molar-refractivity contribution is 7.89. The van der Waals surface area contributed by atoms with E-state index in [2.05, 4.69) is 9.88 Å². The van der Waals surface area contributed by atoms with E-state index in [9.17, 15) is 13.2 Å². The second-order valence-electron chi connectivity index (χ2n) is 7.87. The number of amides is 1. The summed E-state index contributed by atoms with van der Waals surface area (Å²) in [6.45, 7) is 1.82. The first-order valence-electron chi connectivity index (χ1n) is 9.95. The molecule has 0 saturated carbocycles. The van der Waals surface area contributed by atoms with Gasteiger partial charge in [0.1, 0.15) is 11.2 Å². The van der Waals surface area contributed by atoms with Gasteiger partial charge in [0.15, 0.2) is 5.69 Å². The van der Waals surface area contributed by atoms with E-state index in [1.165, 1.54) is 11.4 Å². The maximum Gasteiger partial charge on any atom is 0.274 e. The van der Waals surface area contributed by atoms with Gasteiger partial charge in [-0.3, -0.25) is 9.36 Å². The Labute approximate surface area is 176 Å². The zero-order valence-electron chi connectivity index (χ0n) is 17.5. The average Bonchev–Trinajstić information content (AvgIpc) is 3.36. The van der Waals surface area contributed by atoms with Gasteiger partial charge in [0.2, 0.25) is 10.0 Å². The summed E-state index contributed by atoms with van der Waals surface area (Å²) < 4.78 is 34.8. The van der Waals surface area contributed by atoms with E-state index in [0.29, 0.717) is 36.2 Å². The summed E-state index contributed by atoms with van der Waals surface area (Å²) in [7, 11) is 1.82. The van der Waals surface area contributed by atoms with Crippen LogP contribution in [0.25, 0.3) is 5.69 Å². The molecular weight excluding hydrogens is 406 g/mol. The largest absolute Gasteiger partial charge is 0.383 e. The van der Waals surface area contributed by atoms with Crippen LogP contribution >= 0.6 is 0 Å². The summed E-state index contributed by atoms with van der Waals surface area (Å²) in [6.07, 6.45) is 2.46. The lowest BCUT2D eigenvalue weighted by Gasteiger charge is -2.21. The van der Waals surface area contributed by atoms with E-state index < -0.39 is 10.0 Å². The third-order valence-corrected chi connectivity index (χ3v) is 7.76. The first-order chi connectivity index (χ1) is 14.3. The Balaban J connectivity index is 1.76. The van der Waals surface area contributed by atoms with Crippen molar-refractivity contribution in [3.8, 4) is 5.69 Å². The van der Waals surface area contributed by atoms with Crippen LogP contribution in [0.2, 0.25) is 0 Å². The number of imidazole rings is 1. The van der Waals surface area contributed by atoms with Gasteiger partial charge in [0.25, 0.3) is 5.91 Å². The quantitative estimate of drug-likeness (QED) is 0.693. The molecule has 0 bridgehead atoms. The zero-order valence-corrected chi connectivity index (χ0v) is 18.3. The number of hydrogen-bond donors (Lipinski definition) is 0. The Morgan fingerprint density at radius 3 is 2.77 bits per heavy atom. The van der Waals surface area contributed by atoms with Gasteiger partial charge in [-0.25, -0.2) is 13.4 Å². The molecule has 3 heterocycles. The molecule has 0 radical (unpaired) electrons. The van der Waals surface area contributed by atoms with Crippen LogP contribution in [0.1, 0.15) is 22.6 Å². The molecule has 30 heavy (non-hydrogen) atoms. The lowest BCUT2D eigenvalue weighted by atomic mass is 10.2. The van der Waals surface area contributed by atoms with Crippen molar-refractivity contribution in [3.63, 3.8) is 0 Å². The molecule has 1 saturated heterocycles. The number of sulfonamides is 1. The number of aromatic nitrogens is 2. The second kappa shape index (κ2) is 8.10. The molecule has 162 valence electrons. The molecule has 1 unspecified atom stereocenters. The third-order valence-electron chi connectivity index (χ3n) is 5.86. The van der Waals surface area contributed by atoms with Crippen LogP contribution in [-0.4, -0.2) is 91.5 Å². The Hall–Kier alpha value is -2.27. The van der Waals surface area contributed by atoms with Gasteiger partial charge in [0.05, 0.1) is 24.5 Å². The van der Waals surface area contributed by atoms with Crippen molar-refractivity contribution < 1.29 is 17.9 Å². The first kappa shape index (κ1) is 21.0. The van der Waals surface area contributed by atoms with Crippen molar-refractivity contribution in [1.29, 1.82) is 0 Å². The highest BCUT2D eigenvalue weighted by Crippen LogP contribution is 2.31. The molecule has 1 fully saturated rings. The molecule has 1 aromatic heterocycles. The van der Waals surface area contributed by atoms with Crippen molar-refractivity contribution in [3.05, 3.63) is 42.0 Å². The molecule has 9 nitrogen and oxygen atoms in total. The number of nitrogens with zero attached hydrogens (tertiary/aromatic N) is 5. The fourth-order valence-corrected chi connectivity index (χ4v) is 5.63. The SMILES string of the molecule is COCCN1Cc2c(C(=O)N3CCC(N(C)C)C3)ncn2-c2ccccc2S1(=O)=O. The monoisotopic (exact) mass is 433 g/mol. The molecule has 0 N–H and O–H groups in total. The fourth-order valence-electron chi connectivity index (χ4n) is 4.07. The summed E-state index contributed by atoms with van der Waals surface area (Å²) in [5.74, 6) is -0.156. The van der Waals surface area contributed by atoms with Gasteiger partial charge in [-0.1, -0.05) is 12.1 Å². The molecule has 4 rings (SSSR count). The highest BCUT2D eigenvalue weighted by Gasteiger charge is 2.36. The zero-order chi connectivity index (χ0) is 21.5. The Bertz CT molecular complexity index is 1050. The number of para-hydroxylation sites is 1. The van der Waals surface area contributed by atoms with Crippen LogP contribution in [0.15, 0.2) is 35.5 Å². The van der Waals surface area contributed by atoms with Crippen molar-refractivity contribution in [1.82, 2.24) is 23.7 Å². The van der Waals surface area contributed by atoms with Crippen molar-refractivity contribution >= 4 is 15.9 Å². The predicted molar refractivity (Wildman–Crippen MR) is 111 cm³/mol. The molecule has 1 aromatic carbocycles. The number of carbonyl (C=O) groups excluding carboxylic acids is 1. The maximum atomic E-state index is 13.3. The standard InChI is InChI=1S/C20H27N5O4S/c1-22(2)15-8-9-23(12-15)20(26)19-17-13-24(10-11-29-3)30(27,28)18-7-5-4-6-16(18)25(17)14-21-19/h4-7,14-15H,8-13H2,1-3H3. The minimum Gasteiger partial charge on any atom is -0.383 e. The lowest BCUT2D eigenvalue weighted by molar-refractivity contribution is 0.0775. The van der Waals surface area contributed by atoms with Crippen LogP contribution in [0.5, 0.6) is 0 Å². The second-order valence-corrected chi connectivity index (χ2v) is 9.77. The van der Waals surface area contributed by atoms with Gasteiger partial charge in [0, 0.05) is 32.8 Å². The van der Waals surface area contributed by atoms with Crippen LogP contribution < -0.4 is 0 Å². The molecular formula is C20H27N5O4S. The summed E-state index contributed by atoms with van der Waals surface area (Å²) in [6, 6.07) is 7.12. The van der Waals surface area contributed by atoms with E-state index >= 15 is 0 Å². The third kappa shape index (κ3) is 3.53. The van der Waals surface area contributed by atoms with Gasteiger partial charge in [-0.2, -0.15) is 4.31 Å². The van der Waals surface area contributed by atoms with Gasteiger partial charge < -0.3 is 14.5 Å². The van der Waals surface area contributed by atoms with Crippen LogP contribution in [0.3, 0.4) is 0 Å². The van der Waals surface area contributed by atoms with Crippen molar-refractivity contribution in [2.45, 2.75) is 23.9 Å². The number of fused-ring (bicyclic) bond motifs is 3. The Morgan fingerprint density at radius 2 is 2.07 bits per heavy atom. The van der Waals surface area contributed by atoms with Gasteiger partial charge in [-0.05, 0) is 32.6 Å². The normalized spacial score (nSPS) is 20.8. The predicted octanol–water partition coefficient (Wildman–Crippen LogP) is 0.799. The number of rotatable bonds is 5. The number of methoxy groups -OCH3 is 1. The molecule has 2 aromatic rings. The summed E-state index contributed by atoms with van der Waals surface area (Å²) in [5, 5.41) is 0. The number of carbonyl (C=O) groups is 1. The molecule has 0 spiro atoms. The van der Waals surface area contributed by atoms with E-state index in [1.54, 1.807) is 40.1 Å². The van der Waals surface area contributed by atoms with Crippen molar-refractivity contribution in [2.75, 3.05) is 47.4 Å². The summed E-state index contributed by atoms with van der Waals surface area (Å²) >= 11 is 0. The van der Waals surface area contributed by atoms with E-state index in [1.807, 2.05) is 14.1 Å². The smallest absolute Gasteiger partial charge is 0.274 e. The Morgan fingerprint density at radius 1 is 1.30 bits per heavy atom. The molecule has 1 atom stereocenters. The van der Waals surface area contributed by atoms with Crippen LogP contribution in [-0.2, 0) is 21.3 Å². The summed E-state index contributed by atoms with van der Waals surface area (Å²) in [5.41, 5.74) is 1.40. The molecule has 10 heteroatoms. The van der Waals surface area contributed by atoms with Gasteiger partial charge in [-0.15, -0.1) is 0 Å². The average molecular weight is 434 g/mol. The minimum absolute atomic E-state index is 0.0619. The van der Waals surface area contributed by atoms with Gasteiger partial charge >= 0.3 is 0 Å². The minimum atomic E-state index is -3.74. The number of ether oxygens (including phenoxy) is 1. The topological polar surface area (TPSA) is 88.0 Å². The van der Waals surface area contributed by atoms with E-state index in [0.717, 1.165) is 6.42 Å². The lowest BCUT2D eigenvalue weighted by Crippen LogP contribution is -2.36. The number of hydrogen-bond acceptors (Lipinski definition) is 6. The molecule has 1 amide bonds.